The highest BCUT2D eigenvalue weighted by atomic mass is 32.2. The summed E-state index contributed by atoms with van der Waals surface area (Å²) < 4.78 is 38.4. The van der Waals surface area contributed by atoms with E-state index in [1.165, 1.54) is 12.1 Å². The molecule has 1 aliphatic carbocycles. The predicted octanol–water partition coefficient (Wildman–Crippen LogP) is 4.22. The Bertz CT molecular complexity index is 793. The summed E-state index contributed by atoms with van der Waals surface area (Å²) in [4.78, 5) is 11.9. The fraction of sp³-hybridized carbons (Fsp3) is 0.312. The highest BCUT2D eigenvalue weighted by molar-refractivity contribution is 7.99. The minimum absolute atomic E-state index is 0.0575. The average molecular weight is 354 g/mol. The van der Waals surface area contributed by atoms with Crippen molar-refractivity contribution < 1.29 is 23.1 Å². The van der Waals surface area contributed by atoms with Crippen molar-refractivity contribution in [2.24, 2.45) is 0 Å². The van der Waals surface area contributed by atoms with Gasteiger partial charge in [-0.1, -0.05) is 17.8 Å². The van der Waals surface area contributed by atoms with Crippen molar-refractivity contribution >= 4 is 17.7 Å². The van der Waals surface area contributed by atoms with Gasteiger partial charge in [0.25, 0.3) is 0 Å². The van der Waals surface area contributed by atoms with Gasteiger partial charge in [0, 0.05) is 4.90 Å². The number of aryl methyl sites for hydroxylation is 1. The summed E-state index contributed by atoms with van der Waals surface area (Å²) in [7, 11) is 0. The van der Waals surface area contributed by atoms with Crippen molar-refractivity contribution in [2.75, 3.05) is 0 Å². The first-order valence-corrected chi connectivity index (χ1v) is 8.15. The molecule has 0 atom stereocenters. The Morgan fingerprint density at radius 1 is 1.17 bits per heavy atom. The summed E-state index contributed by atoms with van der Waals surface area (Å²) in [6.07, 6.45) is -1.37. The van der Waals surface area contributed by atoms with Crippen LogP contribution in [0.2, 0.25) is 0 Å². The lowest BCUT2D eigenvalue weighted by molar-refractivity contribution is -0.137. The molecule has 0 spiro atoms. The van der Waals surface area contributed by atoms with Crippen LogP contribution in [0, 0.1) is 0 Å². The molecule has 0 radical (unpaired) electrons. The van der Waals surface area contributed by atoms with Crippen LogP contribution in [0.25, 0.3) is 0 Å². The summed E-state index contributed by atoms with van der Waals surface area (Å²) in [6, 6.07) is 4.74. The lowest BCUT2D eigenvalue weighted by Gasteiger charge is -2.17. The van der Waals surface area contributed by atoms with E-state index in [-0.39, 0.29) is 15.5 Å². The zero-order valence-corrected chi connectivity index (χ0v) is 13.2. The number of carboxylic acids is 1. The molecule has 0 fully saturated rings. The van der Waals surface area contributed by atoms with Gasteiger partial charge < -0.3 is 5.11 Å². The van der Waals surface area contributed by atoms with E-state index in [4.69, 9.17) is 0 Å². The van der Waals surface area contributed by atoms with Gasteiger partial charge in [0.2, 0.25) is 0 Å². The number of alkyl halides is 3. The van der Waals surface area contributed by atoms with E-state index in [1.807, 2.05) is 0 Å². The van der Waals surface area contributed by atoms with Crippen molar-refractivity contribution in [3.63, 3.8) is 0 Å². The van der Waals surface area contributed by atoms with Gasteiger partial charge in [0.15, 0.2) is 0 Å². The van der Waals surface area contributed by atoms with Gasteiger partial charge in [0.05, 0.1) is 16.8 Å². The number of carbonyl (C=O) groups is 1. The maximum absolute atomic E-state index is 12.8. The Hall–Kier alpha value is -2.09. The van der Waals surface area contributed by atoms with E-state index in [0.717, 1.165) is 36.7 Å². The van der Waals surface area contributed by atoms with Crippen molar-refractivity contribution in [3.05, 3.63) is 46.6 Å². The number of aromatic nitrogens is 2. The van der Waals surface area contributed by atoms with Crippen LogP contribution < -0.4 is 0 Å². The second-order valence-electron chi connectivity index (χ2n) is 5.45. The highest BCUT2D eigenvalue weighted by Crippen LogP contribution is 2.36. The number of benzene rings is 1. The molecule has 0 amide bonds. The minimum Gasteiger partial charge on any atom is -0.478 e. The molecule has 1 aromatic heterocycles. The van der Waals surface area contributed by atoms with Crippen molar-refractivity contribution in [3.8, 4) is 0 Å². The largest absolute Gasteiger partial charge is 0.478 e. The summed E-state index contributed by atoms with van der Waals surface area (Å²) in [5.41, 5.74) is 0.600. The first kappa shape index (κ1) is 16.8. The molecule has 0 bridgehead atoms. The molecule has 0 saturated carbocycles. The van der Waals surface area contributed by atoms with Crippen LogP contribution in [0.15, 0.2) is 34.2 Å². The quantitative estimate of drug-likeness (QED) is 0.894. The molecule has 8 heteroatoms. The Morgan fingerprint density at radius 3 is 2.62 bits per heavy atom. The zero-order valence-electron chi connectivity index (χ0n) is 12.4. The fourth-order valence-corrected chi connectivity index (χ4v) is 3.64. The Labute approximate surface area is 140 Å². The van der Waals surface area contributed by atoms with Crippen LogP contribution in [-0.4, -0.2) is 21.3 Å². The molecule has 4 nitrogen and oxygen atoms in total. The predicted molar refractivity (Wildman–Crippen MR) is 81.2 cm³/mol. The van der Waals surface area contributed by atoms with Crippen molar-refractivity contribution in [1.29, 1.82) is 0 Å². The third-order valence-corrected chi connectivity index (χ3v) is 4.77. The highest BCUT2D eigenvalue weighted by Gasteiger charge is 2.31. The number of halogens is 3. The van der Waals surface area contributed by atoms with E-state index < -0.39 is 17.7 Å². The molecule has 1 N–H and O–H groups in total. The summed E-state index contributed by atoms with van der Waals surface area (Å²) in [5, 5.41) is 17.7. The van der Waals surface area contributed by atoms with Gasteiger partial charge in [-0.25, -0.2) is 4.79 Å². The third-order valence-electron chi connectivity index (χ3n) is 3.81. The monoisotopic (exact) mass is 354 g/mol. The molecule has 0 saturated heterocycles. The van der Waals surface area contributed by atoms with Crippen LogP contribution in [-0.2, 0) is 19.0 Å². The molecule has 0 aliphatic heterocycles. The summed E-state index contributed by atoms with van der Waals surface area (Å²) in [6.45, 7) is 0. The lowest BCUT2D eigenvalue weighted by Crippen LogP contribution is -2.15. The number of rotatable bonds is 3. The number of nitrogens with zero attached hydrogens (tertiary/aromatic N) is 2. The first-order valence-electron chi connectivity index (χ1n) is 7.33. The van der Waals surface area contributed by atoms with Gasteiger partial charge >= 0.3 is 12.1 Å². The number of fused-ring (bicyclic) bond motifs is 1. The molecule has 1 heterocycles. The zero-order chi connectivity index (χ0) is 17.3. The smallest absolute Gasteiger partial charge is 0.416 e. The summed E-state index contributed by atoms with van der Waals surface area (Å²) >= 11 is 0.891. The molecule has 24 heavy (non-hydrogen) atoms. The average Bonchev–Trinajstić information content (AvgIpc) is 2.53. The molecule has 1 aromatic carbocycles. The van der Waals surface area contributed by atoms with Crippen LogP contribution in [0.5, 0.6) is 0 Å². The Morgan fingerprint density at radius 2 is 1.92 bits per heavy atom. The maximum atomic E-state index is 12.8. The summed E-state index contributed by atoms with van der Waals surface area (Å²) in [5.74, 6) is -1.13. The van der Waals surface area contributed by atoms with E-state index in [9.17, 15) is 23.1 Å². The van der Waals surface area contributed by atoms with Crippen LogP contribution in [0.3, 0.4) is 0 Å². The minimum atomic E-state index is -4.45. The molecule has 126 valence electrons. The maximum Gasteiger partial charge on any atom is 0.416 e. The van der Waals surface area contributed by atoms with Crippen molar-refractivity contribution in [2.45, 2.75) is 41.8 Å². The fourth-order valence-electron chi connectivity index (χ4n) is 2.69. The topological polar surface area (TPSA) is 63.1 Å². The number of hydrogen-bond acceptors (Lipinski definition) is 4. The molecular formula is C16H13F3N2O2S. The molecule has 3 rings (SSSR count). The van der Waals surface area contributed by atoms with Crippen LogP contribution in [0.1, 0.15) is 40.0 Å². The van der Waals surface area contributed by atoms with Crippen LogP contribution >= 0.6 is 11.8 Å². The number of aromatic carboxylic acids is 1. The van der Waals surface area contributed by atoms with Gasteiger partial charge in [-0.15, -0.1) is 5.10 Å². The van der Waals surface area contributed by atoms with E-state index in [2.05, 4.69) is 10.2 Å². The Balaban J connectivity index is 2.00. The molecule has 2 aromatic rings. The SMILES string of the molecule is O=C(O)c1c(Sc2cccc(C(F)(F)F)c2)nnc2c1CCCC2. The molecule has 0 unspecified atom stereocenters. The van der Waals surface area contributed by atoms with Gasteiger partial charge in [-0.3, -0.25) is 0 Å². The number of hydrogen-bond donors (Lipinski definition) is 1. The van der Waals surface area contributed by atoms with E-state index in [0.29, 0.717) is 24.1 Å². The Kier molecular flexibility index (Phi) is 4.49. The molecular weight excluding hydrogens is 341 g/mol. The van der Waals surface area contributed by atoms with Crippen LogP contribution in [0.4, 0.5) is 13.2 Å². The second kappa shape index (κ2) is 6.43. The first-order chi connectivity index (χ1) is 11.4. The third kappa shape index (κ3) is 3.38. The standard InChI is InChI=1S/C16H13F3N2O2S/c17-16(18,19)9-4-3-5-10(8-9)24-14-13(15(22)23)11-6-1-2-7-12(11)20-21-14/h3-5,8H,1-2,6-7H2,(H,22,23). The normalized spacial score (nSPS) is 14.3. The van der Waals surface area contributed by atoms with Gasteiger partial charge in [0.1, 0.15) is 5.03 Å². The molecule has 1 aliphatic rings. The van der Waals surface area contributed by atoms with E-state index in [1.54, 1.807) is 0 Å². The van der Waals surface area contributed by atoms with Gasteiger partial charge in [-0.05, 0) is 49.4 Å². The van der Waals surface area contributed by atoms with E-state index >= 15 is 0 Å². The second-order valence-corrected chi connectivity index (χ2v) is 6.51. The lowest BCUT2D eigenvalue weighted by atomic mass is 9.93. The van der Waals surface area contributed by atoms with Crippen molar-refractivity contribution in [1.82, 2.24) is 10.2 Å². The van der Waals surface area contributed by atoms with Gasteiger partial charge in [-0.2, -0.15) is 18.3 Å². The number of carboxylic acid groups (broad SMARTS) is 1.